The standard InChI is InChI=1S/C25H22O7/c1-5-30-25(27)22-14(2)31-23-17-9-7-6-8-16(17)20(13-18(22)23)32-24(26)15-10-11-19(28-3)21(12-15)29-4/h6-13H,5H2,1-4H3. The minimum absolute atomic E-state index is 0.236. The highest BCUT2D eigenvalue weighted by Gasteiger charge is 2.23. The Balaban J connectivity index is 1.83. The van der Waals surface area contributed by atoms with E-state index >= 15 is 0 Å². The van der Waals surface area contributed by atoms with Crippen molar-refractivity contribution in [3.8, 4) is 17.2 Å². The summed E-state index contributed by atoms with van der Waals surface area (Å²) in [6, 6.07) is 13.8. The summed E-state index contributed by atoms with van der Waals surface area (Å²) in [5.41, 5.74) is 1.14. The zero-order valence-corrected chi connectivity index (χ0v) is 18.2. The second-order valence-electron chi connectivity index (χ2n) is 7.01. The molecule has 0 unspecified atom stereocenters. The third kappa shape index (κ3) is 3.62. The van der Waals surface area contributed by atoms with Crippen LogP contribution in [0.1, 0.15) is 33.4 Å². The summed E-state index contributed by atoms with van der Waals surface area (Å²) in [4.78, 5) is 25.5. The molecule has 0 saturated carbocycles. The molecule has 0 amide bonds. The molecule has 7 heteroatoms. The molecular formula is C25H22O7. The number of esters is 2. The van der Waals surface area contributed by atoms with Crippen LogP contribution in [0.3, 0.4) is 0 Å². The van der Waals surface area contributed by atoms with Crippen molar-refractivity contribution in [2.24, 2.45) is 0 Å². The monoisotopic (exact) mass is 434 g/mol. The van der Waals surface area contributed by atoms with Crippen LogP contribution in [0.4, 0.5) is 0 Å². The number of carbonyl (C=O) groups is 2. The minimum atomic E-state index is -0.576. The molecule has 0 aliphatic carbocycles. The Morgan fingerprint density at radius 1 is 0.844 bits per heavy atom. The van der Waals surface area contributed by atoms with E-state index in [4.69, 9.17) is 23.4 Å². The lowest BCUT2D eigenvalue weighted by Gasteiger charge is -2.11. The molecule has 3 aromatic carbocycles. The SMILES string of the molecule is CCOC(=O)c1c(C)oc2c1cc(OC(=O)c1ccc(OC)c(OC)c1)c1ccccc12. The van der Waals surface area contributed by atoms with Gasteiger partial charge in [0, 0.05) is 16.2 Å². The summed E-state index contributed by atoms with van der Waals surface area (Å²) >= 11 is 0. The van der Waals surface area contributed by atoms with Gasteiger partial charge in [-0.1, -0.05) is 24.3 Å². The molecule has 0 radical (unpaired) electrons. The lowest BCUT2D eigenvalue weighted by molar-refractivity contribution is 0.0526. The molecule has 0 aliphatic heterocycles. The van der Waals surface area contributed by atoms with E-state index < -0.39 is 11.9 Å². The summed E-state index contributed by atoms with van der Waals surface area (Å²) in [6.45, 7) is 3.68. The highest BCUT2D eigenvalue weighted by atomic mass is 16.5. The molecule has 32 heavy (non-hydrogen) atoms. The number of hydrogen-bond donors (Lipinski definition) is 0. The van der Waals surface area contributed by atoms with Crippen LogP contribution >= 0.6 is 0 Å². The Morgan fingerprint density at radius 3 is 2.25 bits per heavy atom. The first-order valence-electron chi connectivity index (χ1n) is 10.0. The van der Waals surface area contributed by atoms with Crippen LogP contribution < -0.4 is 14.2 Å². The van der Waals surface area contributed by atoms with Crippen molar-refractivity contribution in [2.75, 3.05) is 20.8 Å². The number of aryl methyl sites for hydroxylation is 1. The number of carbonyl (C=O) groups excluding carboxylic acids is 2. The smallest absolute Gasteiger partial charge is 0.343 e. The molecule has 0 saturated heterocycles. The molecule has 0 atom stereocenters. The number of ether oxygens (including phenoxy) is 4. The molecular weight excluding hydrogens is 412 g/mol. The summed E-state index contributed by atoms with van der Waals surface area (Å²) in [5, 5.41) is 1.92. The Morgan fingerprint density at radius 2 is 1.56 bits per heavy atom. The predicted molar refractivity (Wildman–Crippen MR) is 119 cm³/mol. The molecule has 7 nitrogen and oxygen atoms in total. The van der Waals surface area contributed by atoms with E-state index in [1.54, 1.807) is 38.1 Å². The predicted octanol–water partition coefficient (Wildman–Crippen LogP) is 5.31. The van der Waals surface area contributed by atoms with Crippen molar-refractivity contribution in [2.45, 2.75) is 13.8 Å². The Bertz CT molecular complexity index is 1330. The van der Waals surface area contributed by atoms with E-state index in [1.165, 1.54) is 14.2 Å². The van der Waals surface area contributed by atoms with Gasteiger partial charge in [0.2, 0.25) is 0 Å². The lowest BCUT2D eigenvalue weighted by Crippen LogP contribution is -2.09. The first-order chi connectivity index (χ1) is 15.5. The molecule has 1 heterocycles. The van der Waals surface area contributed by atoms with Gasteiger partial charge in [0.25, 0.3) is 0 Å². The van der Waals surface area contributed by atoms with Crippen molar-refractivity contribution < 1.29 is 33.0 Å². The molecule has 1 aromatic heterocycles. The molecule has 0 N–H and O–H groups in total. The van der Waals surface area contributed by atoms with Gasteiger partial charge in [-0.2, -0.15) is 0 Å². The van der Waals surface area contributed by atoms with E-state index in [-0.39, 0.29) is 6.61 Å². The zero-order chi connectivity index (χ0) is 22.8. The fraction of sp³-hybridized carbons (Fsp3) is 0.200. The number of furan rings is 1. The number of hydrogen-bond acceptors (Lipinski definition) is 7. The molecule has 4 aromatic rings. The second-order valence-corrected chi connectivity index (χ2v) is 7.01. The molecule has 0 spiro atoms. The van der Waals surface area contributed by atoms with E-state index in [2.05, 4.69) is 0 Å². The molecule has 0 fully saturated rings. The van der Waals surface area contributed by atoms with Gasteiger partial charge in [0.05, 0.1) is 26.4 Å². The van der Waals surface area contributed by atoms with Gasteiger partial charge in [0.15, 0.2) is 11.5 Å². The zero-order valence-electron chi connectivity index (χ0n) is 18.2. The first-order valence-corrected chi connectivity index (χ1v) is 10.0. The summed E-state index contributed by atoms with van der Waals surface area (Å²) < 4.78 is 27.4. The van der Waals surface area contributed by atoms with Gasteiger partial charge >= 0.3 is 11.9 Å². The summed E-state index contributed by atoms with van der Waals surface area (Å²) in [5.74, 6) is 0.594. The van der Waals surface area contributed by atoms with Crippen LogP contribution in [-0.4, -0.2) is 32.8 Å². The van der Waals surface area contributed by atoms with Crippen molar-refractivity contribution in [3.63, 3.8) is 0 Å². The Kier molecular flexibility index (Phi) is 5.73. The third-order valence-electron chi connectivity index (χ3n) is 5.14. The number of benzene rings is 3. The van der Waals surface area contributed by atoms with Gasteiger partial charge in [-0.25, -0.2) is 9.59 Å². The van der Waals surface area contributed by atoms with Gasteiger partial charge in [0.1, 0.15) is 22.7 Å². The van der Waals surface area contributed by atoms with E-state index in [1.807, 2.05) is 24.3 Å². The summed E-state index contributed by atoms with van der Waals surface area (Å²) in [6.07, 6.45) is 0. The van der Waals surface area contributed by atoms with Crippen LogP contribution in [-0.2, 0) is 4.74 Å². The van der Waals surface area contributed by atoms with E-state index in [0.717, 1.165) is 5.39 Å². The van der Waals surface area contributed by atoms with Crippen LogP contribution in [0.25, 0.3) is 21.7 Å². The van der Waals surface area contributed by atoms with Gasteiger partial charge in [-0.05, 0) is 38.1 Å². The average molecular weight is 434 g/mol. The second kappa shape index (κ2) is 8.63. The molecule has 4 rings (SSSR count). The first kappa shape index (κ1) is 21.2. The topological polar surface area (TPSA) is 84.2 Å². The van der Waals surface area contributed by atoms with Crippen LogP contribution in [0.15, 0.2) is 52.9 Å². The van der Waals surface area contributed by atoms with Gasteiger partial charge in [-0.3, -0.25) is 0 Å². The average Bonchev–Trinajstić information content (AvgIpc) is 3.14. The number of rotatable bonds is 6. The normalized spacial score (nSPS) is 10.9. The lowest BCUT2D eigenvalue weighted by atomic mass is 10.0. The van der Waals surface area contributed by atoms with Crippen molar-refractivity contribution in [1.29, 1.82) is 0 Å². The maximum absolute atomic E-state index is 13.0. The van der Waals surface area contributed by atoms with Crippen LogP contribution in [0.2, 0.25) is 0 Å². The molecule has 0 aliphatic rings. The van der Waals surface area contributed by atoms with Crippen LogP contribution in [0.5, 0.6) is 17.2 Å². The van der Waals surface area contributed by atoms with Crippen molar-refractivity contribution in [1.82, 2.24) is 0 Å². The fourth-order valence-corrected chi connectivity index (χ4v) is 3.67. The maximum atomic E-state index is 13.0. The summed E-state index contributed by atoms with van der Waals surface area (Å²) in [7, 11) is 3.01. The Hall–Kier alpha value is -4.00. The van der Waals surface area contributed by atoms with Crippen LogP contribution in [0, 0.1) is 6.92 Å². The fourth-order valence-electron chi connectivity index (χ4n) is 3.67. The van der Waals surface area contributed by atoms with Crippen molar-refractivity contribution >= 4 is 33.7 Å². The van der Waals surface area contributed by atoms with Crippen molar-refractivity contribution in [3.05, 3.63) is 65.4 Å². The largest absolute Gasteiger partial charge is 0.493 e. The Labute approximate surface area is 184 Å². The van der Waals surface area contributed by atoms with E-state index in [0.29, 0.717) is 50.5 Å². The van der Waals surface area contributed by atoms with Gasteiger partial charge < -0.3 is 23.4 Å². The van der Waals surface area contributed by atoms with E-state index in [9.17, 15) is 9.59 Å². The van der Waals surface area contributed by atoms with Gasteiger partial charge in [-0.15, -0.1) is 0 Å². The highest BCUT2D eigenvalue weighted by Crippen LogP contribution is 2.38. The maximum Gasteiger partial charge on any atom is 0.343 e. The quantitative estimate of drug-likeness (QED) is 0.300. The molecule has 0 bridgehead atoms. The highest BCUT2D eigenvalue weighted by molar-refractivity contribution is 6.15. The molecule has 164 valence electrons. The minimum Gasteiger partial charge on any atom is -0.493 e. The number of fused-ring (bicyclic) bond motifs is 3. The number of methoxy groups -OCH3 is 2. The third-order valence-corrected chi connectivity index (χ3v) is 5.14.